The standard InChI is InChI=1S/C21H27FN2/c1-2-3-4-5-16-6-8-17(9-7-16)18-10-12-19(13-11-18)20-14-23-15-21(22)24-20/h10-17H,2-9H2,1H3. The Morgan fingerprint density at radius 1 is 1.00 bits per heavy atom. The van der Waals surface area contributed by atoms with Crippen LogP contribution in [0.15, 0.2) is 36.7 Å². The van der Waals surface area contributed by atoms with Crippen molar-refractivity contribution in [2.24, 2.45) is 5.92 Å². The average Bonchev–Trinajstić information content (AvgIpc) is 2.63. The van der Waals surface area contributed by atoms with Gasteiger partial charge in [0.15, 0.2) is 0 Å². The van der Waals surface area contributed by atoms with Crippen molar-refractivity contribution < 1.29 is 4.39 Å². The molecule has 1 saturated carbocycles. The van der Waals surface area contributed by atoms with Gasteiger partial charge < -0.3 is 0 Å². The number of hydrogen-bond acceptors (Lipinski definition) is 2. The average molecular weight is 326 g/mol. The van der Waals surface area contributed by atoms with E-state index in [1.165, 1.54) is 56.9 Å². The maximum atomic E-state index is 13.2. The molecule has 0 unspecified atom stereocenters. The monoisotopic (exact) mass is 326 g/mol. The van der Waals surface area contributed by atoms with Crippen LogP contribution in [0.5, 0.6) is 0 Å². The zero-order valence-corrected chi connectivity index (χ0v) is 14.5. The van der Waals surface area contributed by atoms with E-state index in [9.17, 15) is 4.39 Å². The first kappa shape index (κ1) is 17.1. The molecular weight excluding hydrogens is 299 g/mol. The number of unbranched alkanes of at least 4 members (excludes halogenated alkanes) is 2. The molecule has 0 spiro atoms. The van der Waals surface area contributed by atoms with E-state index in [1.54, 1.807) is 6.20 Å². The highest BCUT2D eigenvalue weighted by Crippen LogP contribution is 2.38. The largest absolute Gasteiger partial charge is 0.258 e. The van der Waals surface area contributed by atoms with Gasteiger partial charge in [0.1, 0.15) is 0 Å². The molecule has 1 fully saturated rings. The second-order valence-electron chi connectivity index (χ2n) is 7.06. The Labute approximate surface area is 144 Å². The molecule has 2 aromatic rings. The van der Waals surface area contributed by atoms with Crippen LogP contribution in [0.25, 0.3) is 11.3 Å². The first-order valence-electron chi connectivity index (χ1n) is 9.34. The van der Waals surface area contributed by atoms with E-state index in [0.717, 1.165) is 17.7 Å². The first-order chi connectivity index (χ1) is 11.8. The Bertz CT molecular complexity index is 631. The second kappa shape index (κ2) is 8.36. The maximum Gasteiger partial charge on any atom is 0.231 e. The molecule has 2 nitrogen and oxygen atoms in total. The van der Waals surface area contributed by atoms with Crippen molar-refractivity contribution in [2.75, 3.05) is 0 Å². The van der Waals surface area contributed by atoms with Crippen molar-refractivity contribution in [3.05, 3.63) is 48.2 Å². The van der Waals surface area contributed by atoms with Crippen LogP contribution < -0.4 is 0 Å². The van der Waals surface area contributed by atoms with Gasteiger partial charge >= 0.3 is 0 Å². The summed E-state index contributed by atoms with van der Waals surface area (Å²) in [5.41, 5.74) is 2.94. The summed E-state index contributed by atoms with van der Waals surface area (Å²) in [5, 5.41) is 0. The van der Waals surface area contributed by atoms with Crippen molar-refractivity contribution in [3.63, 3.8) is 0 Å². The highest BCUT2D eigenvalue weighted by molar-refractivity contribution is 5.58. The fourth-order valence-electron chi connectivity index (χ4n) is 3.87. The Balaban J connectivity index is 1.57. The van der Waals surface area contributed by atoms with Gasteiger partial charge in [-0.25, -0.2) is 4.98 Å². The quantitative estimate of drug-likeness (QED) is 0.596. The third kappa shape index (κ3) is 4.40. The number of benzene rings is 1. The molecular formula is C21H27FN2. The summed E-state index contributed by atoms with van der Waals surface area (Å²) >= 11 is 0. The normalized spacial score (nSPS) is 20.9. The smallest absolute Gasteiger partial charge is 0.231 e. The van der Waals surface area contributed by atoms with Crippen LogP contribution in [-0.2, 0) is 0 Å². The van der Waals surface area contributed by atoms with Crippen LogP contribution in [0.2, 0.25) is 0 Å². The zero-order valence-electron chi connectivity index (χ0n) is 14.5. The van der Waals surface area contributed by atoms with Gasteiger partial charge in [0.2, 0.25) is 5.95 Å². The van der Waals surface area contributed by atoms with Gasteiger partial charge in [-0.3, -0.25) is 4.98 Å². The van der Waals surface area contributed by atoms with Gasteiger partial charge in [-0.05, 0) is 43.1 Å². The van der Waals surface area contributed by atoms with Gasteiger partial charge in [0.25, 0.3) is 0 Å². The minimum atomic E-state index is -0.530. The van der Waals surface area contributed by atoms with Crippen molar-refractivity contribution in [2.45, 2.75) is 64.2 Å². The van der Waals surface area contributed by atoms with Crippen molar-refractivity contribution in [1.82, 2.24) is 9.97 Å². The van der Waals surface area contributed by atoms with Crippen LogP contribution in [0, 0.1) is 11.9 Å². The molecule has 1 heterocycles. The lowest BCUT2D eigenvalue weighted by Gasteiger charge is -2.29. The molecule has 0 N–H and O–H groups in total. The highest BCUT2D eigenvalue weighted by Gasteiger charge is 2.22. The van der Waals surface area contributed by atoms with Gasteiger partial charge in [-0.15, -0.1) is 0 Å². The summed E-state index contributed by atoms with van der Waals surface area (Å²) in [5.74, 6) is 1.09. The summed E-state index contributed by atoms with van der Waals surface area (Å²) in [6.45, 7) is 2.27. The minimum absolute atomic E-state index is 0.530. The Hall–Kier alpha value is -1.77. The molecule has 3 heteroatoms. The van der Waals surface area contributed by atoms with Crippen LogP contribution in [-0.4, -0.2) is 9.97 Å². The highest BCUT2D eigenvalue weighted by atomic mass is 19.1. The third-order valence-electron chi connectivity index (χ3n) is 5.35. The summed E-state index contributed by atoms with van der Waals surface area (Å²) in [6, 6.07) is 8.46. The number of rotatable bonds is 6. The Morgan fingerprint density at radius 3 is 2.42 bits per heavy atom. The molecule has 1 aliphatic rings. The number of halogens is 1. The number of nitrogens with zero attached hydrogens (tertiary/aromatic N) is 2. The van der Waals surface area contributed by atoms with Gasteiger partial charge in [0, 0.05) is 5.56 Å². The molecule has 0 bridgehead atoms. The zero-order chi connectivity index (χ0) is 16.8. The molecule has 0 atom stereocenters. The Morgan fingerprint density at radius 2 is 1.75 bits per heavy atom. The molecule has 0 radical (unpaired) electrons. The lowest BCUT2D eigenvalue weighted by Crippen LogP contribution is -2.13. The SMILES string of the molecule is CCCCCC1CCC(c2ccc(-c3cncc(F)n3)cc2)CC1. The Kier molecular flexibility index (Phi) is 5.95. The summed E-state index contributed by atoms with van der Waals surface area (Å²) in [4.78, 5) is 7.78. The van der Waals surface area contributed by atoms with E-state index >= 15 is 0 Å². The summed E-state index contributed by atoms with van der Waals surface area (Å²) < 4.78 is 13.2. The van der Waals surface area contributed by atoms with E-state index in [-0.39, 0.29) is 0 Å². The van der Waals surface area contributed by atoms with E-state index in [2.05, 4.69) is 29.0 Å². The summed E-state index contributed by atoms with van der Waals surface area (Å²) in [7, 11) is 0. The molecule has 0 aliphatic heterocycles. The molecule has 0 amide bonds. The molecule has 128 valence electrons. The maximum absolute atomic E-state index is 13.2. The topological polar surface area (TPSA) is 25.8 Å². The van der Waals surface area contributed by atoms with Gasteiger partial charge in [-0.1, -0.05) is 56.9 Å². The molecule has 1 aliphatic carbocycles. The second-order valence-corrected chi connectivity index (χ2v) is 7.06. The van der Waals surface area contributed by atoms with Crippen molar-refractivity contribution in [3.8, 4) is 11.3 Å². The van der Waals surface area contributed by atoms with Gasteiger partial charge in [-0.2, -0.15) is 4.39 Å². The molecule has 1 aromatic carbocycles. The third-order valence-corrected chi connectivity index (χ3v) is 5.35. The predicted octanol–water partition coefficient (Wildman–Crippen LogP) is 6.14. The lowest BCUT2D eigenvalue weighted by atomic mass is 9.77. The lowest BCUT2D eigenvalue weighted by molar-refractivity contribution is 0.303. The van der Waals surface area contributed by atoms with E-state index in [1.807, 2.05) is 12.1 Å². The number of aromatic nitrogens is 2. The van der Waals surface area contributed by atoms with Crippen molar-refractivity contribution >= 4 is 0 Å². The van der Waals surface area contributed by atoms with E-state index < -0.39 is 5.95 Å². The van der Waals surface area contributed by atoms with Crippen LogP contribution >= 0.6 is 0 Å². The first-order valence-corrected chi connectivity index (χ1v) is 9.34. The molecule has 24 heavy (non-hydrogen) atoms. The fraction of sp³-hybridized carbons (Fsp3) is 0.524. The predicted molar refractivity (Wildman–Crippen MR) is 96.3 cm³/mol. The number of hydrogen-bond donors (Lipinski definition) is 0. The van der Waals surface area contributed by atoms with Gasteiger partial charge in [0.05, 0.1) is 18.1 Å². The van der Waals surface area contributed by atoms with Crippen LogP contribution in [0.4, 0.5) is 4.39 Å². The van der Waals surface area contributed by atoms with E-state index in [0.29, 0.717) is 11.6 Å². The minimum Gasteiger partial charge on any atom is -0.258 e. The molecule has 0 saturated heterocycles. The van der Waals surface area contributed by atoms with E-state index in [4.69, 9.17) is 0 Å². The van der Waals surface area contributed by atoms with Crippen LogP contribution in [0.3, 0.4) is 0 Å². The van der Waals surface area contributed by atoms with Crippen LogP contribution in [0.1, 0.15) is 69.8 Å². The molecule has 3 rings (SSSR count). The summed E-state index contributed by atoms with van der Waals surface area (Å²) in [6.07, 6.45) is 13.6. The van der Waals surface area contributed by atoms with Crippen molar-refractivity contribution in [1.29, 1.82) is 0 Å². The molecule has 1 aromatic heterocycles. The fourth-order valence-corrected chi connectivity index (χ4v) is 3.87.